The third-order valence-electron chi connectivity index (χ3n) is 1.27. The Morgan fingerprint density at radius 3 is 2.55 bits per heavy atom. The van der Waals surface area contributed by atoms with E-state index in [4.69, 9.17) is 5.73 Å². The van der Waals surface area contributed by atoms with E-state index in [-0.39, 0.29) is 0 Å². The van der Waals surface area contributed by atoms with Gasteiger partial charge in [0.05, 0.1) is 0 Å². The molecule has 0 fully saturated rings. The number of nitrogens with zero attached hydrogens (tertiary/aromatic N) is 1. The maximum absolute atomic E-state index is 5.23. The zero-order valence-corrected chi connectivity index (χ0v) is 7.04. The van der Waals surface area contributed by atoms with E-state index in [0.29, 0.717) is 0 Å². The van der Waals surface area contributed by atoms with Gasteiger partial charge in [-0.25, -0.2) is 0 Å². The molecule has 0 bridgehead atoms. The van der Waals surface area contributed by atoms with Gasteiger partial charge in [0.25, 0.3) is 0 Å². The Balaban J connectivity index is 4.66. The molecule has 0 aromatic heterocycles. The molecule has 0 unspecified atom stereocenters. The minimum absolute atomic E-state index is 0.998. The summed E-state index contributed by atoms with van der Waals surface area (Å²) in [5, 5.41) is 0. The van der Waals surface area contributed by atoms with Crippen molar-refractivity contribution in [1.82, 2.24) is 0 Å². The van der Waals surface area contributed by atoms with E-state index in [2.05, 4.69) is 11.6 Å². The van der Waals surface area contributed by atoms with Gasteiger partial charge in [0, 0.05) is 13.3 Å². The molecule has 0 saturated heterocycles. The van der Waals surface area contributed by atoms with Crippen molar-refractivity contribution in [3.05, 3.63) is 36.1 Å². The van der Waals surface area contributed by atoms with Gasteiger partial charge < -0.3 is 5.73 Å². The smallest absolute Gasteiger partial charge is 0.0277 e. The van der Waals surface area contributed by atoms with Crippen LogP contribution in [0.3, 0.4) is 0 Å². The molecule has 0 aliphatic heterocycles. The van der Waals surface area contributed by atoms with Crippen molar-refractivity contribution in [3.63, 3.8) is 0 Å². The average Bonchev–Trinajstić information content (AvgIpc) is 2.00. The van der Waals surface area contributed by atoms with Crippen molar-refractivity contribution in [2.24, 2.45) is 10.7 Å². The molecule has 0 radical (unpaired) electrons. The van der Waals surface area contributed by atoms with Crippen LogP contribution < -0.4 is 5.73 Å². The maximum Gasteiger partial charge on any atom is 0.0277 e. The third kappa shape index (κ3) is 3.40. The minimum Gasteiger partial charge on any atom is -0.405 e. The summed E-state index contributed by atoms with van der Waals surface area (Å²) < 4.78 is 0. The van der Waals surface area contributed by atoms with Crippen molar-refractivity contribution < 1.29 is 0 Å². The van der Waals surface area contributed by atoms with Gasteiger partial charge in [-0.2, -0.15) is 0 Å². The summed E-state index contributed by atoms with van der Waals surface area (Å²) in [5.74, 6) is 0. The van der Waals surface area contributed by atoms with Crippen LogP contribution in [0.2, 0.25) is 0 Å². The summed E-state index contributed by atoms with van der Waals surface area (Å²) in [6, 6.07) is 0. The van der Waals surface area contributed by atoms with Crippen molar-refractivity contribution in [2.75, 3.05) is 7.05 Å². The number of aliphatic imine (C=N–C) groups is 1. The second-order valence-corrected chi connectivity index (χ2v) is 2.09. The van der Waals surface area contributed by atoms with E-state index in [1.165, 1.54) is 6.20 Å². The summed E-state index contributed by atoms with van der Waals surface area (Å²) in [7, 11) is 1.73. The van der Waals surface area contributed by atoms with Gasteiger partial charge >= 0.3 is 0 Å². The fourth-order valence-electron chi connectivity index (χ4n) is 0.732. The fraction of sp³-hybridized carbons (Fsp3) is 0.222. The maximum atomic E-state index is 5.23. The Kier molecular flexibility index (Phi) is 4.82. The molecule has 2 nitrogen and oxygen atoms in total. The number of rotatable bonds is 3. The van der Waals surface area contributed by atoms with Crippen molar-refractivity contribution in [2.45, 2.75) is 6.92 Å². The van der Waals surface area contributed by atoms with Gasteiger partial charge in [0.15, 0.2) is 0 Å². The number of hydrogen-bond acceptors (Lipinski definition) is 2. The number of allylic oxidation sites excluding steroid dienone is 4. The van der Waals surface area contributed by atoms with Gasteiger partial charge in [0.1, 0.15) is 0 Å². The Labute approximate surface area is 67.8 Å². The molecule has 11 heavy (non-hydrogen) atoms. The molecule has 0 atom stereocenters. The topological polar surface area (TPSA) is 38.4 Å². The van der Waals surface area contributed by atoms with Crippen molar-refractivity contribution >= 4 is 6.21 Å². The van der Waals surface area contributed by atoms with E-state index in [1.54, 1.807) is 25.4 Å². The molecule has 2 N–H and O–H groups in total. The molecule has 0 spiro atoms. The van der Waals surface area contributed by atoms with Crippen LogP contribution >= 0.6 is 0 Å². The highest BCUT2D eigenvalue weighted by atomic mass is 14.6. The minimum atomic E-state index is 0.998. The number of nitrogens with two attached hydrogens (primary N) is 1. The molecular weight excluding hydrogens is 136 g/mol. The van der Waals surface area contributed by atoms with E-state index in [1.807, 2.05) is 6.92 Å². The van der Waals surface area contributed by atoms with Crippen molar-refractivity contribution in [3.8, 4) is 0 Å². The van der Waals surface area contributed by atoms with Crippen LogP contribution in [-0.4, -0.2) is 13.3 Å². The summed E-state index contributed by atoms with van der Waals surface area (Å²) in [6.45, 7) is 5.62. The van der Waals surface area contributed by atoms with Crippen LogP contribution in [0.25, 0.3) is 0 Å². The molecule has 0 aliphatic rings. The predicted molar refractivity (Wildman–Crippen MR) is 50.6 cm³/mol. The summed E-state index contributed by atoms with van der Waals surface area (Å²) in [5.41, 5.74) is 7.29. The van der Waals surface area contributed by atoms with Crippen LogP contribution in [0, 0.1) is 0 Å². The molecule has 0 aromatic rings. The summed E-state index contributed by atoms with van der Waals surface area (Å²) in [6.07, 6.45) is 6.81. The second-order valence-electron chi connectivity index (χ2n) is 2.09. The first-order chi connectivity index (χ1) is 5.26. The Bertz CT molecular complexity index is 210. The predicted octanol–water partition coefficient (Wildman–Crippen LogP) is 1.66. The van der Waals surface area contributed by atoms with E-state index in [0.717, 1.165) is 11.1 Å². The molecule has 0 aliphatic carbocycles. The van der Waals surface area contributed by atoms with Crippen LogP contribution in [-0.2, 0) is 0 Å². The lowest BCUT2D eigenvalue weighted by molar-refractivity contribution is 1.42. The van der Waals surface area contributed by atoms with Crippen LogP contribution in [0.15, 0.2) is 41.1 Å². The zero-order chi connectivity index (χ0) is 8.69. The Hall–Kier alpha value is -1.31. The van der Waals surface area contributed by atoms with Gasteiger partial charge in [0.2, 0.25) is 0 Å². The van der Waals surface area contributed by atoms with Crippen LogP contribution in [0.5, 0.6) is 0 Å². The fourth-order valence-corrected chi connectivity index (χ4v) is 0.732. The van der Waals surface area contributed by atoms with Gasteiger partial charge in [-0.05, 0) is 30.3 Å². The molecule has 0 saturated carbocycles. The molecule has 0 aromatic carbocycles. The average molecular weight is 150 g/mol. The van der Waals surface area contributed by atoms with Gasteiger partial charge in [-0.1, -0.05) is 12.7 Å². The normalized spacial score (nSPS) is 14.0. The lowest BCUT2D eigenvalue weighted by Gasteiger charge is -1.95. The molecule has 0 heterocycles. The lowest BCUT2D eigenvalue weighted by Crippen LogP contribution is -1.85. The van der Waals surface area contributed by atoms with E-state index < -0.39 is 0 Å². The van der Waals surface area contributed by atoms with Crippen LogP contribution in [0.1, 0.15) is 6.92 Å². The van der Waals surface area contributed by atoms with E-state index >= 15 is 0 Å². The highest BCUT2D eigenvalue weighted by Crippen LogP contribution is 2.03. The largest absolute Gasteiger partial charge is 0.405 e. The second kappa shape index (κ2) is 5.47. The van der Waals surface area contributed by atoms with Gasteiger partial charge in [-0.15, -0.1) is 0 Å². The number of hydrogen-bond donors (Lipinski definition) is 1. The summed E-state index contributed by atoms with van der Waals surface area (Å²) in [4.78, 5) is 3.88. The monoisotopic (exact) mass is 150 g/mol. The molecule has 60 valence electrons. The lowest BCUT2D eigenvalue weighted by atomic mass is 10.1. The van der Waals surface area contributed by atoms with Crippen LogP contribution in [0.4, 0.5) is 0 Å². The zero-order valence-electron chi connectivity index (χ0n) is 7.04. The standard InChI is InChI=1S/C9H14N2/c1-4-9(5-6-10)8(2)7-11-3/h4-7H,1,10H2,2-3H3/b6-5+,9-8-,11-7?. The summed E-state index contributed by atoms with van der Waals surface area (Å²) >= 11 is 0. The molecule has 2 heteroatoms. The molecular formula is C9H14N2. The van der Waals surface area contributed by atoms with Crippen molar-refractivity contribution in [1.29, 1.82) is 0 Å². The molecule has 0 amide bonds. The highest BCUT2D eigenvalue weighted by molar-refractivity contribution is 5.80. The SMILES string of the molecule is C=CC(/C=C/N)=C(\C)C=NC. The highest BCUT2D eigenvalue weighted by Gasteiger charge is 1.89. The first-order valence-corrected chi connectivity index (χ1v) is 3.40. The first kappa shape index (κ1) is 9.69. The molecule has 0 rings (SSSR count). The Morgan fingerprint density at radius 1 is 1.55 bits per heavy atom. The quantitative estimate of drug-likeness (QED) is 0.482. The Morgan fingerprint density at radius 2 is 2.18 bits per heavy atom. The third-order valence-corrected chi connectivity index (χ3v) is 1.27. The van der Waals surface area contributed by atoms with E-state index in [9.17, 15) is 0 Å². The first-order valence-electron chi connectivity index (χ1n) is 3.40. The van der Waals surface area contributed by atoms with Gasteiger partial charge in [-0.3, -0.25) is 4.99 Å².